The normalized spacial score (nSPS) is 17.9. The van der Waals surface area contributed by atoms with Gasteiger partial charge in [-0.05, 0) is 42.7 Å². The van der Waals surface area contributed by atoms with Gasteiger partial charge in [-0.2, -0.15) is 0 Å². The van der Waals surface area contributed by atoms with E-state index in [1.807, 2.05) is 6.07 Å². The number of rotatable bonds is 4. The van der Waals surface area contributed by atoms with Gasteiger partial charge >= 0.3 is 0 Å². The average Bonchev–Trinajstić information content (AvgIpc) is 3.16. The minimum Gasteiger partial charge on any atom is -0.486 e. The maximum absolute atomic E-state index is 12.4. The highest BCUT2D eigenvalue weighted by molar-refractivity contribution is 5.94. The van der Waals surface area contributed by atoms with Gasteiger partial charge in [0.25, 0.3) is 5.91 Å². The van der Waals surface area contributed by atoms with E-state index in [-0.39, 0.29) is 11.3 Å². The second-order valence-corrected chi connectivity index (χ2v) is 6.76. The van der Waals surface area contributed by atoms with E-state index in [1.165, 1.54) is 18.4 Å². The topological polar surface area (TPSA) is 60.5 Å². The second-order valence-electron chi connectivity index (χ2n) is 6.76. The highest BCUT2D eigenvalue weighted by atomic mass is 16.6. The lowest BCUT2D eigenvalue weighted by atomic mass is 9.78. The Labute approximate surface area is 147 Å². The fourth-order valence-electron chi connectivity index (χ4n) is 3.85. The van der Waals surface area contributed by atoms with Crippen LogP contribution >= 0.6 is 0 Å². The number of nitrogens with zero attached hydrogens (tertiary/aromatic N) is 1. The number of aromatic nitrogens is 1. The Morgan fingerprint density at radius 2 is 1.76 bits per heavy atom. The first kappa shape index (κ1) is 15.9. The molecule has 2 aromatic rings. The molecule has 2 aliphatic rings. The summed E-state index contributed by atoms with van der Waals surface area (Å²) in [5.41, 5.74) is 1.84. The van der Waals surface area contributed by atoms with Gasteiger partial charge in [-0.1, -0.05) is 18.9 Å². The predicted octanol–water partition coefficient (Wildman–Crippen LogP) is 3.09. The van der Waals surface area contributed by atoms with E-state index < -0.39 is 0 Å². The van der Waals surface area contributed by atoms with Crippen LogP contribution < -0.4 is 14.8 Å². The molecule has 0 spiro atoms. The molecule has 1 N–H and O–H groups in total. The van der Waals surface area contributed by atoms with Gasteiger partial charge in [-0.15, -0.1) is 0 Å². The van der Waals surface area contributed by atoms with Crippen LogP contribution in [-0.2, 0) is 5.41 Å². The minimum absolute atomic E-state index is 0.0292. The average molecular weight is 338 g/mol. The van der Waals surface area contributed by atoms with Crippen LogP contribution in [-0.4, -0.2) is 30.6 Å². The maximum atomic E-state index is 12.4. The van der Waals surface area contributed by atoms with E-state index in [0.29, 0.717) is 25.3 Å². The van der Waals surface area contributed by atoms with Gasteiger partial charge in [0.1, 0.15) is 13.2 Å². The number of fused-ring (bicyclic) bond motifs is 1. The highest BCUT2D eigenvalue weighted by Crippen LogP contribution is 2.43. The largest absolute Gasteiger partial charge is 0.486 e. The van der Waals surface area contributed by atoms with Gasteiger partial charge in [-0.25, -0.2) is 0 Å². The van der Waals surface area contributed by atoms with Gasteiger partial charge in [0.2, 0.25) is 0 Å². The maximum Gasteiger partial charge on any atom is 0.251 e. The smallest absolute Gasteiger partial charge is 0.251 e. The van der Waals surface area contributed by atoms with Crippen LogP contribution in [0.15, 0.2) is 42.7 Å². The summed E-state index contributed by atoms with van der Waals surface area (Å²) in [7, 11) is 0. The summed E-state index contributed by atoms with van der Waals surface area (Å²) in [6.45, 7) is 1.81. The summed E-state index contributed by atoms with van der Waals surface area (Å²) in [5, 5.41) is 3.12. The molecule has 1 aromatic heterocycles. The molecule has 5 heteroatoms. The molecule has 5 nitrogen and oxygen atoms in total. The standard InChI is InChI=1S/C20H22N2O3/c23-19(15-5-9-21-10-6-15)22-14-20(7-1-2-8-20)16-3-4-17-18(13-16)25-12-11-24-17/h3-6,9-10,13H,1-2,7-8,11-12,14H2,(H,22,23). The van der Waals surface area contributed by atoms with E-state index in [2.05, 4.69) is 22.4 Å². The van der Waals surface area contributed by atoms with Gasteiger partial charge in [0, 0.05) is 29.9 Å². The monoisotopic (exact) mass is 338 g/mol. The quantitative estimate of drug-likeness (QED) is 0.931. The number of benzene rings is 1. The van der Waals surface area contributed by atoms with Crippen molar-refractivity contribution < 1.29 is 14.3 Å². The molecule has 1 saturated carbocycles. The molecule has 0 unspecified atom stereocenters. The lowest BCUT2D eigenvalue weighted by Crippen LogP contribution is -2.39. The lowest BCUT2D eigenvalue weighted by Gasteiger charge is -2.31. The highest BCUT2D eigenvalue weighted by Gasteiger charge is 2.36. The fraction of sp³-hybridized carbons (Fsp3) is 0.400. The van der Waals surface area contributed by atoms with Crippen LogP contribution in [0.2, 0.25) is 0 Å². The van der Waals surface area contributed by atoms with Crippen molar-refractivity contribution in [3.8, 4) is 11.5 Å². The first-order chi connectivity index (χ1) is 12.3. The molecule has 2 heterocycles. The number of hydrogen-bond acceptors (Lipinski definition) is 4. The van der Waals surface area contributed by atoms with Crippen molar-refractivity contribution in [1.29, 1.82) is 0 Å². The Balaban J connectivity index is 1.55. The number of amides is 1. The summed E-state index contributed by atoms with van der Waals surface area (Å²) < 4.78 is 11.4. The Bertz CT molecular complexity index is 755. The van der Waals surface area contributed by atoms with Gasteiger partial charge in [0.05, 0.1) is 0 Å². The molecule has 25 heavy (non-hydrogen) atoms. The number of pyridine rings is 1. The Morgan fingerprint density at radius 1 is 1.04 bits per heavy atom. The van der Waals surface area contributed by atoms with E-state index in [1.54, 1.807) is 24.5 Å². The van der Waals surface area contributed by atoms with Crippen molar-refractivity contribution in [2.75, 3.05) is 19.8 Å². The molecule has 130 valence electrons. The molecular formula is C20H22N2O3. The molecule has 4 rings (SSSR count). The van der Waals surface area contributed by atoms with Crippen molar-refractivity contribution in [1.82, 2.24) is 10.3 Å². The SMILES string of the molecule is O=C(NCC1(c2ccc3c(c2)OCCO3)CCCC1)c1ccncc1. The molecule has 0 bridgehead atoms. The molecular weight excluding hydrogens is 316 g/mol. The Hall–Kier alpha value is -2.56. The third-order valence-corrected chi connectivity index (χ3v) is 5.25. The van der Waals surface area contributed by atoms with E-state index in [0.717, 1.165) is 24.3 Å². The fourth-order valence-corrected chi connectivity index (χ4v) is 3.85. The molecule has 1 fully saturated rings. The zero-order chi connectivity index (χ0) is 17.1. The minimum atomic E-state index is -0.0498. The number of carbonyl (C=O) groups is 1. The van der Waals surface area contributed by atoms with Crippen molar-refractivity contribution in [2.45, 2.75) is 31.1 Å². The van der Waals surface area contributed by atoms with Crippen LogP contribution in [0.3, 0.4) is 0 Å². The zero-order valence-corrected chi connectivity index (χ0v) is 14.2. The van der Waals surface area contributed by atoms with Crippen molar-refractivity contribution in [2.24, 2.45) is 0 Å². The number of nitrogens with one attached hydrogen (secondary N) is 1. The molecule has 0 radical (unpaired) electrons. The number of carbonyl (C=O) groups excluding carboxylic acids is 1. The van der Waals surface area contributed by atoms with E-state index >= 15 is 0 Å². The van der Waals surface area contributed by atoms with Crippen LogP contribution in [0, 0.1) is 0 Å². The summed E-state index contributed by atoms with van der Waals surface area (Å²) in [6, 6.07) is 9.69. The molecule has 0 atom stereocenters. The van der Waals surface area contributed by atoms with Gasteiger partial charge in [-0.3, -0.25) is 9.78 Å². The number of ether oxygens (including phenoxy) is 2. The Morgan fingerprint density at radius 3 is 2.52 bits per heavy atom. The molecule has 0 saturated heterocycles. The third-order valence-electron chi connectivity index (χ3n) is 5.25. The van der Waals surface area contributed by atoms with Gasteiger partial charge in [0.15, 0.2) is 11.5 Å². The first-order valence-electron chi connectivity index (χ1n) is 8.85. The molecule has 1 aromatic carbocycles. The zero-order valence-electron chi connectivity index (χ0n) is 14.2. The molecule has 1 amide bonds. The predicted molar refractivity (Wildman–Crippen MR) is 94.1 cm³/mol. The third kappa shape index (κ3) is 3.18. The van der Waals surface area contributed by atoms with Crippen molar-refractivity contribution in [3.63, 3.8) is 0 Å². The summed E-state index contributed by atoms with van der Waals surface area (Å²) in [6.07, 6.45) is 7.79. The van der Waals surface area contributed by atoms with Crippen molar-refractivity contribution in [3.05, 3.63) is 53.9 Å². The summed E-state index contributed by atoms with van der Waals surface area (Å²) in [4.78, 5) is 16.4. The molecule has 1 aliphatic carbocycles. The Kier molecular flexibility index (Phi) is 4.30. The van der Waals surface area contributed by atoms with Crippen LogP contribution in [0.25, 0.3) is 0 Å². The van der Waals surface area contributed by atoms with Crippen molar-refractivity contribution >= 4 is 5.91 Å². The molecule has 1 aliphatic heterocycles. The van der Waals surface area contributed by atoms with Gasteiger partial charge < -0.3 is 14.8 Å². The first-order valence-corrected chi connectivity index (χ1v) is 8.85. The van der Waals surface area contributed by atoms with Crippen LogP contribution in [0.4, 0.5) is 0 Å². The van der Waals surface area contributed by atoms with Crippen LogP contribution in [0.1, 0.15) is 41.6 Å². The second kappa shape index (κ2) is 6.75. The number of hydrogen-bond donors (Lipinski definition) is 1. The lowest BCUT2D eigenvalue weighted by molar-refractivity contribution is 0.0943. The van der Waals surface area contributed by atoms with E-state index in [9.17, 15) is 4.79 Å². The summed E-state index contributed by atoms with van der Waals surface area (Å²) >= 11 is 0. The van der Waals surface area contributed by atoms with E-state index in [4.69, 9.17) is 9.47 Å². The van der Waals surface area contributed by atoms with Crippen LogP contribution in [0.5, 0.6) is 11.5 Å². The summed E-state index contributed by atoms with van der Waals surface area (Å²) in [5.74, 6) is 1.57.